The molecule has 0 saturated heterocycles. The van der Waals surface area contributed by atoms with Gasteiger partial charge in [-0.1, -0.05) is 48.5 Å². The van der Waals surface area contributed by atoms with Crippen molar-refractivity contribution in [1.82, 2.24) is 5.32 Å². The van der Waals surface area contributed by atoms with Gasteiger partial charge in [0.25, 0.3) is 5.91 Å². The van der Waals surface area contributed by atoms with Gasteiger partial charge in [-0.3, -0.25) is 4.79 Å². The van der Waals surface area contributed by atoms with Crippen molar-refractivity contribution < 1.29 is 19.1 Å². The number of carbonyl (C=O) groups excluding carboxylic acids is 2. The first-order valence-corrected chi connectivity index (χ1v) is 8.96. The van der Waals surface area contributed by atoms with E-state index in [-0.39, 0.29) is 18.6 Å². The molecule has 3 rings (SSSR count). The van der Waals surface area contributed by atoms with Crippen molar-refractivity contribution in [3.05, 3.63) is 96.1 Å². The molecule has 1 N–H and O–H groups in total. The van der Waals surface area contributed by atoms with E-state index in [1.54, 1.807) is 24.3 Å². The quantitative estimate of drug-likeness (QED) is 0.617. The lowest BCUT2D eigenvalue weighted by molar-refractivity contribution is -0.124. The summed E-state index contributed by atoms with van der Waals surface area (Å²) in [6.07, 6.45) is 0. The molecule has 1 atom stereocenters. The summed E-state index contributed by atoms with van der Waals surface area (Å²) in [5.74, 6) is 0.404. The van der Waals surface area contributed by atoms with Gasteiger partial charge in [-0.2, -0.15) is 0 Å². The number of esters is 1. The van der Waals surface area contributed by atoms with Gasteiger partial charge in [0.2, 0.25) is 0 Å². The van der Waals surface area contributed by atoms with Crippen molar-refractivity contribution in [2.45, 2.75) is 13.0 Å². The molecule has 0 radical (unpaired) electrons. The monoisotopic (exact) mass is 375 g/mol. The second-order valence-electron chi connectivity index (χ2n) is 6.22. The Morgan fingerprint density at radius 1 is 0.821 bits per heavy atom. The molecule has 0 aliphatic rings. The fourth-order valence-corrected chi connectivity index (χ4v) is 2.61. The molecular formula is C23H21NO4. The molecule has 28 heavy (non-hydrogen) atoms. The summed E-state index contributed by atoms with van der Waals surface area (Å²) in [5, 5.41) is 2.80. The lowest BCUT2D eigenvalue weighted by Gasteiger charge is -2.14. The van der Waals surface area contributed by atoms with Crippen LogP contribution in [0.2, 0.25) is 0 Å². The molecule has 3 aromatic carbocycles. The number of carbonyl (C=O) groups is 2. The maximum absolute atomic E-state index is 12.1. The Kier molecular flexibility index (Phi) is 6.41. The van der Waals surface area contributed by atoms with E-state index >= 15 is 0 Å². The summed E-state index contributed by atoms with van der Waals surface area (Å²) in [6.45, 7) is 1.54. The van der Waals surface area contributed by atoms with Gasteiger partial charge in [-0.25, -0.2) is 4.79 Å². The zero-order valence-electron chi connectivity index (χ0n) is 15.5. The molecule has 1 amide bonds. The number of rotatable bonds is 7. The Morgan fingerprint density at radius 2 is 1.39 bits per heavy atom. The minimum Gasteiger partial charge on any atom is -0.457 e. The van der Waals surface area contributed by atoms with Crippen LogP contribution in [0.25, 0.3) is 0 Å². The summed E-state index contributed by atoms with van der Waals surface area (Å²) in [4.78, 5) is 24.1. The highest BCUT2D eigenvalue weighted by molar-refractivity contribution is 5.91. The summed E-state index contributed by atoms with van der Waals surface area (Å²) in [6, 6.07) is 25.3. The Hall–Kier alpha value is -3.60. The maximum Gasteiger partial charge on any atom is 0.338 e. The van der Waals surface area contributed by atoms with E-state index < -0.39 is 5.97 Å². The highest BCUT2D eigenvalue weighted by Crippen LogP contribution is 2.21. The fraction of sp³-hybridized carbons (Fsp3) is 0.130. The first-order valence-electron chi connectivity index (χ1n) is 8.96. The van der Waals surface area contributed by atoms with Crippen LogP contribution in [0.1, 0.15) is 28.9 Å². The molecule has 3 aromatic rings. The van der Waals surface area contributed by atoms with E-state index in [0.717, 1.165) is 5.56 Å². The molecule has 0 aliphatic carbocycles. The minimum absolute atomic E-state index is 0.165. The van der Waals surface area contributed by atoms with Crippen LogP contribution >= 0.6 is 0 Å². The summed E-state index contributed by atoms with van der Waals surface area (Å²) in [5.41, 5.74) is 1.33. The fourth-order valence-electron chi connectivity index (χ4n) is 2.61. The van der Waals surface area contributed by atoms with E-state index in [2.05, 4.69) is 5.32 Å². The van der Waals surface area contributed by atoms with Crippen LogP contribution in [-0.4, -0.2) is 18.5 Å². The van der Waals surface area contributed by atoms with Crippen LogP contribution in [0.4, 0.5) is 0 Å². The van der Waals surface area contributed by atoms with Gasteiger partial charge in [0.05, 0.1) is 11.6 Å². The highest BCUT2D eigenvalue weighted by atomic mass is 16.5. The zero-order chi connectivity index (χ0) is 19.8. The Balaban J connectivity index is 1.48. The third kappa shape index (κ3) is 5.45. The molecule has 0 fully saturated rings. The SMILES string of the molecule is CC(NC(=O)COC(=O)c1ccc(Oc2ccccc2)cc1)c1ccccc1. The van der Waals surface area contributed by atoms with Gasteiger partial charge < -0.3 is 14.8 Å². The number of ether oxygens (including phenoxy) is 2. The number of amides is 1. The third-order valence-corrected chi connectivity index (χ3v) is 4.08. The highest BCUT2D eigenvalue weighted by Gasteiger charge is 2.13. The van der Waals surface area contributed by atoms with E-state index in [0.29, 0.717) is 17.1 Å². The Morgan fingerprint density at radius 3 is 2.04 bits per heavy atom. The largest absolute Gasteiger partial charge is 0.457 e. The van der Waals surface area contributed by atoms with Crippen molar-refractivity contribution in [2.24, 2.45) is 0 Å². The molecule has 0 heterocycles. The molecule has 0 aromatic heterocycles. The average Bonchev–Trinajstić information content (AvgIpc) is 2.74. The van der Waals surface area contributed by atoms with Crippen LogP contribution < -0.4 is 10.1 Å². The topological polar surface area (TPSA) is 64.6 Å². The van der Waals surface area contributed by atoms with E-state index in [1.165, 1.54) is 0 Å². The van der Waals surface area contributed by atoms with Gasteiger partial charge in [-0.05, 0) is 48.9 Å². The standard InChI is InChI=1S/C23H21NO4/c1-17(18-8-4-2-5-9-18)24-22(25)16-27-23(26)19-12-14-21(15-13-19)28-20-10-6-3-7-11-20/h2-15,17H,16H2,1H3,(H,24,25). The van der Waals surface area contributed by atoms with Crippen molar-refractivity contribution >= 4 is 11.9 Å². The molecule has 1 unspecified atom stereocenters. The number of para-hydroxylation sites is 1. The number of hydrogen-bond acceptors (Lipinski definition) is 4. The van der Waals surface area contributed by atoms with Gasteiger partial charge in [0.15, 0.2) is 6.61 Å². The molecule has 5 nitrogen and oxygen atoms in total. The lowest BCUT2D eigenvalue weighted by Crippen LogP contribution is -2.31. The number of nitrogens with one attached hydrogen (secondary N) is 1. The van der Waals surface area contributed by atoms with Gasteiger partial charge in [0.1, 0.15) is 11.5 Å². The normalized spacial score (nSPS) is 11.3. The lowest BCUT2D eigenvalue weighted by atomic mass is 10.1. The van der Waals surface area contributed by atoms with Crippen molar-refractivity contribution in [1.29, 1.82) is 0 Å². The van der Waals surface area contributed by atoms with Crippen LogP contribution in [0.15, 0.2) is 84.9 Å². The van der Waals surface area contributed by atoms with Crippen LogP contribution in [0.3, 0.4) is 0 Å². The Bertz CT molecular complexity index is 908. The molecule has 0 spiro atoms. The minimum atomic E-state index is -0.561. The number of benzene rings is 3. The first-order chi connectivity index (χ1) is 13.6. The second-order valence-corrected chi connectivity index (χ2v) is 6.22. The van der Waals surface area contributed by atoms with Crippen LogP contribution in [-0.2, 0) is 9.53 Å². The van der Waals surface area contributed by atoms with Gasteiger partial charge >= 0.3 is 5.97 Å². The van der Waals surface area contributed by atoms with E-state index in [1.807, 2.05) is 67.6 Å². The molecule has 142 valence electrons. The van der Waals surface area contributed by atoms with Crippen LogP contribution in [0, 0.1) is 0 Å². The zero-order valence-corrected chi connectivity index (χ0v) is 15.5. The first kappa shape index (κ1) is 19.2. The molecular weight excluding hydrogens is 354 g/mol. The molecule has 5 heteroatoms. The smallest absolute Gasteiger partial charge is 0.338 e. The second kappa shape index (κ2) is 9.37. The third-order valence-electron chi connectivity index (χ3n) is 4.08. The van der Waals surface area contributed by atoms with Crippen LogP contribution in [0.5, 0.6) is 11.5 Å². The summed E-state index contributed by atoms with van der Waals surface area (Å²) >= 11 is 0. The Labute approximate surface area is 163 Å². The van der Waals surface area contributed by atoms with Crippen molar-refractivity contribution in [3.63, 3.8) is 0 Å². The van der Waals surface area contributed by atoms with Gasteiger partial charge in [-0.15, -0.1) is 0 Å². The van der Waals surface area contributed by atoms with E-state index in [9.17, 15) is 9.59 Å². The molecule has 0 saturated carbocycles. The maximum atomic E-state index is 12.1. The summed E-state index contributed by atoms with van der Waals surface area (Å²) < 4.78 is 10.8. The van der Waals surface area contributed by atoms with Crippen molar-refractivity contribution in [2.75, 3.05) is 6.61 Å². The van der Waals surface area contributed by atoms with Crippen molar-refractivity contribution in [3.8, 4) is 11.5 Å². The van der Waals surface area contributed by atoms with Gasteiger partial charge in [0, 0.05) is 0 Å². The van der Waals surface area contributed by atoms with E-state index in [4.69, 9.17) is 9.47 Å². The predicted molar refractivity (Wildman–Crippen MR) is 106 cm³/mol. The molecule has 0 bridgehead atoms. The predicted octanol–water partition coefficient (Wildman–Crippen LogP) is 4.51. The average molecular weight is 375 g/mol. The molecule has 0 aliphatic heterocycles. The summed E-state index contributed by atoms with van der Waals surface area (Å²) in [7, 11) is 0. The number of hydrogen-bond donors (Lipinski definition) is 1.